The molecule has 0 aromatic heterocycles. The van der Waals surface area contributed by atoms with Crippen LogP contribution in [0.15, 0.2) is 4.99 Å². The second-order valence-electron chi connectivity index (χ2n) is 7.46. The molecule has 0 saturated carbocycles. The van der Waals surface area contributed by atoms with Crippen molar-refractivity contribution in [3.63, 3.8) is 0 Å². The van der Waals surface area contributed by atoms with Crippen LogP contribution in [-0.2, 0) is 4.74 Å². The van der Waals surface area contributed by atoms with E-state index in [9.17, 15) is 0 Å². The van der Waals surface area contributed by atoms with Crippen LogP contribution in [0.1, 0.15) is 59.3 Å². The van der Waals surface area contributed by atoms with Crippen LogP contribution in [0.4, 0.5) is 0 Å². The van der Waals surface area contributed by atoms with Crippen LogP contribution in [0.3, 0.4) is 0 Å². The van der Waals surface area contributed by atoms with Crippen molar-refractivity contribution in [2.24, 2.45) is 10.9 Å². The molecule has 0 bridgehead atoms. The van der Waals surface area contributed by atoms with Crippen molar-refractivity contribution in [3.05, 3.63) is 0 Å². The van der Waals surface area contributed by atoms with E-state index >= 15 is 0 Å². The molecule has 2 rings (SSSR count). The predicted octanol–water partition coefficient (Wildman–Crippen LogP) is 2.96. The average Bonchev–Trinajstić information content (AvgIpc) is 3.17. The summed E-state index contributed by atoms with van der Waals surface area (Å²) >= 11 is 0. The summed E-state index contributed by atoms with van der Waals surface area (Å²) in [5, 5.41) is 3.71. The molecule has 2 fully saturated rings. The zero-order valence-electron chi connectivity index (χ0n) is 17.0. The van der Waals surface area contributed by atoms with Gasteiger partial charge in [0.05, 0.1) is 6.10 Å². The normalized spacial score (nSPS) is 22.0. The molecule has 0 aliphatic carbocycles. The number of ether oxygens (including phenoxy) is 1. The molecule has 0 aromatic carbocycles. The van der Waals surface area contributed by atoms with Crippen LogP contribution < -0.4 is 5.32 Å². The van der Waals surface area contributed by atoms with E-state index in [0.717, 1.165) is 51.0 Å². The molecule has 5 heteroatoms. The molecule has 0 aromatic rings. The fourth-order valence-electron chi connectivity index (χ4n) is 4.50. The summed E-state index contributed by atoms with van der Waals surface area (Å²) in [6, 6.07) is 0.634. The molecule has 5 nitrogen and oxygen atoms in total. The minimum atomic E-state index is 0.432. The van der Waals surface area contributed by atoms with Crippen molar-refractivity contribution in [2.75, 3.05) is 46.4 Å². The highest BCUT2D eigenvalue weighted by Crippen LogP contribution is 2.22. The van der Waals surface area contributed by atoms with E-state index < -0.39 is 0 Å². The second-order valence-corrected chi connectivity index (χ2v) is 7.46. The van der Waals surface area contributed by atoms with E-state index in [2.05, 4.69) is 40.9 Å². The zero-order chi connectivity index (χ0) is 18.1. The standard InChI is InChI=1S/C20H40N4O/c1-5-17(6-2)19(23-12-8-9-13-23)16-22-20(21-4)24-14-10-18(11-15-24)25-7-3/h17-19H,5-16H2,1-4H3,(H,21,22). The maximum absolute atomic E-state index is 5.78. The first kappa shape index (κ1) is 20.5. The summed E-state index contributed by atoms with van der Waals surface area (Å²) in [5.74, 6) is 1.84. The van der Waals surface area contributed by atoms with Gasteiger partial charge in [0.2, 0.25) is 0 Å². The minimum Gasteiger partial charge on any atom is -0.378 e. The molecule has 25 heavy (non-hydrogen) atoms. The van der Waals surface area contributed by atoms with Gasteiger partial charge in [0.15, 0.2) is 5.96 Å². The predicted molar refractivity (Wildman–Crippen MR) is 106 cm³/mol. The Hall–Kier alpha value is -0.810. The number of guanidine groups is 1. The Morgan fingerprint density at radius 1 is 1.08 bits per heavy atom. The quantitative estimate of drug-likeness (QED) is 0.538. The Morgan fingerprint density at radius 2 is 1.72 bits per heavy atom. The van der Waals surface area contributed by atoms with Crippen LogP contribution in [-0.4, -0.2) is 74.3 Å². The molecular formula is C20H40N4O. The summed E-state index contributed by atoms with van der Waals surface area (Å²) in [5.41, 5.74) is 0. The SMILES string of the molecule is CCOC1CCN(C(=NC)NCC(C(CC)CC)N2CCCC2)CC1. The first-order valence-corrected chi connectivity index (χ1v) is 10.5. The number of piperidine rings is 1. The summed E-state index contributed by atoms with van der Waals surface area (Å²) in [4.78, 5) is 9.68. The Morgan fingerprint density at radius 3 is 2.24 bits per heavy atom. The number of aliphatic imine (C=N–C) groups is 1. The van der Waals surface area contributed by atoms with Crippen molar-refractivity contribution < 1.29 is 4.74 Å². The fraction of sp³-hybridized carbons (Fsp3) is 0.950. The van der Waals surface area contributed by atoms with Crippen molar-refractivity contribution in [1.82, 2.24) is 15.1 Å². The second kappa shape index (κ2) is 11.0. The highest BCUT2D eigenvalue weighted by molar-refractivity contribution is 5.80. The number of hydrogen-bond acceptors (Lipinski definition) is 3. The van der Waals surface area contributed by atoms with Gasteiger partial charge in [0.25, 0.3) is 0 Å². The van der Waals surface area contributed by atoms with Gasteiger partial charge in [-0.15, -0.1) is 0 Å². The lowest BCUT2D eigenvalue weighted by molar-refractivity contribution is 0.0262. The lowest BCUT2D eigenvalue weighted by Gasteiger charge is -2.37. The molecule has 2 aliphatic heterocycles. The third kappa shape index (κ3) is 5.85. The van der Waals surface area contributed by atoms with Crippen molar-refractivity contribution in [1.29, 1.82) is 0 Å². The first-order chi connectivity index (χ1) is 12.2. The Bertz CT molecular complexity index is 381. The third-order valence-electron chi connectivity index (χ3n) is 6.03. The van der Waals surface area contributed by atoms with Crippen molar-refractivity contribution in [2.45, 2.75) is 71.4 Å². The molecule has 2 aliphatic rings. The van der Waals surface area contributed by atoms with Crippen molar-refractivity contribution in [3.8, 4) is 0 Å². The largest absolute Gasteiger partial charge is 0.378 e. The van der Waals surface area contributed by atoms with Crippen LogP contribution >= 0.6 is 0 Å². The third-order valence-corrected chi connectivity index (χ3v) is 6.03. The van der Waals surface area contributed by atoms with Gasteiger partial charge in [-0.1, -0.05) is 26.7 Å². The molecule has 1 N–H and O–H groups in total. The minimum absolute atomic E-state index is 0.432. The molecule has 146 valence electrons. The number of nitrogens with one attached hydrogen (secondary N) is 1. The lowest BCUT2D eigenvalue weighted by atomic mass is 9.93. The molecule has 0 amide bonds. The van der Waals surface area contributed by atoms with Gasteiger partial charge < -0.3 is 15.0 Å². The number of nitrogens with zero attached hydrogens (tertiary/aromatic N) is 3. The topological polar surface area (TPSA) is 40.1 Å². The molecule has 0 radical (unpaired) electrons. The van der Waals surface area contributed by atoms with E-state index in [-0.39, 0.29) is 0 Å². The van der Waals surface area contributed by atoms with E-state index in [1.807, 2.05) is 7.05 Å². The summed E-state index contributed by atoms with van der Waals surface area (Å²) in [6.07, 6.45) is 7.89. The summed E-state index contributed by atoms with van der Waals surface area (Å²) in [6.45, 7) is 13.2. The molecule has 2 heterocycles. The van der Waals surface area contributed by atoms with Crippen LogP contribution in [0, 0.1) is 5.92 Å². The maximum Gasteiger partial charge on any atom is 0.193 e. The number of rotatable bonds is 8. The molecular weight excluding hydrogens is 312 g/mol. The van der Waals surface area contributed by atoms with Crippen LogP contribution in [0.25, 0.3) is 0 Å². The Labute approximate surface area is 155 Å². The van der Waals surface area contributed by atoms with E-state index in [0.29, 0.717) is 12.1 Å². The van der Waals surface area contributed by atoms with Gasteiger partial charge in [-0.3, -0.25) is 9.89 Å². The molecule has 0 spiro atoms. The van der Waals surface area contributed by atoms with E-state index in [4.69, 9.17) is 4.74 Å². The van der Waals surface area contributed by atoms with Gasteiger partial charge in [-0.2, -0.15) is 0 Å². The Balaban J connectivity index is 1.88. The van der Waals surface area contributed by atoms with E-state index in [1.54, 1.807) is 0 Å². The van der Waals surface area contributed by atoms with Crippen molar-refractivity contribution >= 4 is 5.96 Å². The van der Waals surface area contributed by atoms with Crippen LogP contribution in [0.2, 0.25) is 0 Å². The van der Waals surface area contributed by atoms with Gasteiger partial charge in [-0.05, 0) is 51.6 Å². The first-order valence-electron chi connectivity index (χ1n) is 10.5. The Kier molecular flexibility index (Phi) is 9.04. The smallest absolute Gasteiger partial charge is 0.193 e. The summed E-state index contributed by atoms with van der Waals surface area (Å²) < 4.78 is 5.78. The molecule has 1 unspecified atom stereocenters. The molecule has 1 atom stereocenters. The average molecular weight is 353 g/mol. The number of likely N-dealkylation sites (tertiary alicyclic amines) is 2. The fourth-order valence-corrected chi connectivity index (χ4v) is 4.50. The van der Waals surface area contributed by atoms with Gasteiger partial charge in [0, 0.05) is 39.3 Å². The monoisotopic (exact) mass is 352 g/mol. The summed E-state index contributed by atoms with van der Waals surface area (Å²) in [7, 11) is 1.92. The zero-order valence-corrected chi connectivity index (χ0v) is 17.0. The van der Waals surface area contributed by atoms with E-state index in [1.165, 1.54) is 38.8 Å². The van der Waals surface area contributed by atoms with Crippen LogP contribution in [0.5, 0.6) is 0 Å². The van der Waals surface area contributed by atoms with Gasteiger partial charge in [-0.25, -0.2) is 0 Å². The highest BCUT2D eigenvalue weighted by atomic mass is 16.5. The molecule has 2 saturated heterocycles. The lowest BCUT2D eigenvalue weighted by Crippen LogP contribution is -2.52. The van der Waals surface area contributed by atoms with Gasteiger partial charge >= 0.3 is 0 Å². The number of hydrogen-bond donors (Lipinski definition) is 1. The maximum atomic E-state index is 5.78. The van der Waals surface area contributed by atoms with Gasteiger partial charge in [0.1, 0.15) is 0 Å². The highest BCUT2D eigenvalue weighted by Gasteiger charge is 2.28.